The summed E-state index contributed by atoms with van der Waals surface area (Å²) >= 11 is 6.07. The van der Waals surface area contributed by atoms with Crippen molar-refractivity contribution in [3.8, 4) is 11.3 Å². The number of hydrogen-bond donors (Lipinski definition) is 2. The van der Waals surface area contributed by atoms with Gasteiger partial charge in [0, 0.05) is 23.6 Å². The molecule has 0 aliphatic heterocycles. The SMILES string of the molecule is Cc1cccc(C)c1-c1cc(Cl)nc(NS(=O)(=O)N=C2C=CC=C(C(=O)O)C2)n1. The third-order valence-electron chi connectivity index (χ3n) is 4.12. The van der Waals surface area contributed by atoms with Crippen molar-refractivity contribution in [2.75, 3.05) is 4.72 Å². The van der Waals surface area contributed by atoms with Gasteiger partial charge in [0.1, 0.15) is 5.15 Å². The molecule has 2 aromatic rings. The lowest BCUT2D eigenvalue weighted by Gasteiger charge is -2.11. The molecule has 0 radical (unpaired) electrons. The average Bonchev–Trinajstić information content (AvgIpc) is 2.60. The molecule has 8 nitrogen and oxygen atoms in total. The number of hydrogen-bond acceptors (Lipinski definition) is 5. The molecule has 2 N–H and O–H groups in total. The van der Waals surface area contributed by atoms with Crippen LogP contribution in [0.5, 0.6) is 0 Å². The molecule has 0 bridgehead atoms. The molecule has 0 fully saturated rings. The Bertz CT molecular complexity index is 1170. The lowest BCUT2D eigenvalue weighted by atomic mass is 10.00. The first-order valence-corrected chi connectivity index (χ1v) is 10.3. The maximum atomic E-state index is 12.4. The van der Waals surface area contributed by atoms with Gasteiger partial charge in [0.05, 0.1) is 11.4 Å². The number of aliphatic carboxylic acids is 1. The quantitative estimate of drug-likeness (QED) is 0.697. The Kier molecular flexibility index (Phi) is 5.81. The molecule has 1 aliphatic rings. The maximum Gasteiger partial charge on any atom is 0.344 e. The molecule has 1 aromatic heterocycles. The highest BCUT2D eigenvalue weighted by atomic mass is 35.5. The zero-order chi connectivity index (χ0) is 21.2. The molecule has 0 atom stereocenters. The minimum Gasteiger partial charge on any atom is -0.478 e. The van der Waals surface area contributed by atoms with E-state index in [9.17, 15) is 13.2 Å². The topological polar surface area (TPSA) is 122 Å². The van der Waals surface area contributed by atoms with Gasteiger partial charge in [-0.25, -0.2) is 19.5 Å². The molecular formula is C19H17ClN4O4S. The number of allylic oxidation sites excluding steroid dienone is 3. The summed E-state index contributed by atoms with van der Waals surface area (Å²) in [6.45, 7) is 3.83. The van der Waals surface area contributed by atoms with Gasteiger partial charge in [-0.15, -0.1) is 4.40 Å². The molecule has 0 spiro atoms. The number of benzene rings is 1. The summed E-state index contributed by atoms with van der Waals surface area (Å²) in [5.41, 5.74) is 3.32. The number of rotatable bonds is 5. The molecule has 0 amide bonds. The Balaban J connectivity index is 1.92. The van der Waals surface area contributed by atoms with Gasteiger partial charge in [0.2, 0.25) is 5.95 Å². The van der Waals surface area contributed by atoms with Gasteiger partial charge >= 0.3 is 16.2 Å². The zero-order valence-electron chi connectivity index (χ0n) is 15.5. The maximum absolute atomic E-state index is 12.4. The molecule has 1 heterocycles. The molecule has 0 saturated carbocycles. The van der Waals surface area contributed by atoms with Gasteiger partial charge in [-0.2, -0.15) is 8.42 Å². The van der Waals surface area contributed by atoms with Crippen molar-refractivity contribution in [2.24, 2.45) is 4.40 Å². The van der Waals surface area contributed by atoms with Crippen LogP contribution >= 0.6 is 11.6 Å². The van der Waals surface area contributed by atoms with Gasteiger partial charge in [-0.05, 0) is 31.1 Å². The minimum atomic E-state index is -4.24. The highest BCUT2D eigenvalue weighted by Gasteiger charge is 2.18. The predicted octanol–water partition coefficient (Wildman–Crippen LogP) is 3.48. The standard InChI is InChI=1S/C19H17ClN4O4S/c1-11-5-3-6-12(2)17(11)15-10-16(20)22-19(21-15)24-29(27,28)23-14-8-4-7-13(9-14)18(25)26/h3-8,10H,9H2,1-2H3,(H,25,26)(H,21,22,24). The third kappa shape index (κ3) is 5.07. The smallest absolute Gasteiger partial charge is 0.344 e. The van der Waals surface area contributed by atoms with Gasteiger partial charge in [-0.1, -0.05) is 42.0 Å². The van der Waals surface area contributed by atoms with Crippen LogP contribution in [0.15, 0.2) is 52.5 Å². The molecule has 29 heavy (non-hydrogen) atoms. The fraction of sp³-hybridized carbons (Fsp3) is 0.158. The number of nitrogens with zero attached hydrogens (tertiary/aromatic N) is 3. The van der Waals surface area contributed by atoms with Gasteiger partial charge in [-0.3, -0.25) is 0 Å². The van der Waals surface area contributed by atoms with Crippen LogP contribution < -0.4 is 4.72 Å². The number of carbonyl (C=O) groups is 1. The molecule has 1 aliphatic carbocycles. The first kappa shape index (κ1) is 20.7. The van der Waals surface area contributed by atoms with Gasteiger partial charge < -0.3 is 5.11 Å². The number of nitrogens with one attached hydrogen (secondary N) is 1. The number of aromatic nitrogens is 2. The van der Waals surface area contributed by atoms with Crippen molar-refractivity contribution < 1.29 is 18.3 Å². The zero-order valence-corrected chi connectivity index (χ0v) is 17.1. The van der Waals surface area contributed by atoms with Crippen LogP contribution in [-0.2, 0) is 15.0 Å². The molecule has 150 valence electrons. The second kappa shape index (κ2) is 8.14. The summed E-state index contributed by atoms with van der Waals surface area (Å²) < 4.78 is 30.6. The van der Waals surface area contributed by atoms with Crippen LogP contribution in [0.2, 0.25) is 5.15 Å². The Labute approximate surface area is 172 Å². The molecule has 1 aromatic carbocycles. The van der Waals surface area contributed by atoms with E-state index < -0.39 is 16.2 Å². The van der Waals surface area contributed by atoms with Crippen molar-refractivity contribution in [3.05, 3.63) is 64.3 Å². The summed E-state index contributed by atoms with van der Waals surface area (Å²) in [6.07, 6.45) is 4.12. The fourth-order valence-corrected chi connectivity index (χ4v) is 3.89. The van der Waals surface area contributed by atoms with Crippen LogP contribution in [-0.4, -0.2) is 35.2 Å². The Hall–Kier alpha value is -3.04. The van der Waals surface area contributed by atoms with E-state index in [4.69, 9.17) is 16.7 Å². The van der Waals surface area contributed by atoms with E-state index >= 15 is 0 Å². The minimum absolute atomic E-state index is 0.0396. The number of halogens is 1. The van der Waals surface area contributed by atoms with Crippen molar-refractivity contribution in [2.45, 2.75) is 20.3 Å². The summed E-state index contributed by atoms with van der Waals surface area (Å²) in [5.74, 6) is -1.36. The summed E-state index contributed by atoms with van der Waals surface area (Å²) in [5, 5.41) is 9.11. The summed E-state index contributed by atoms with van der Waals surface area (Å²) in [7, 11) is -4.24. The highest BCUT2D eigenvalue weighted by Crippen LogP contribution is 2.28. The molecule has 0 saturated heterocycles. The Morgan fingerprint density at radius 3 is 2.59 bits per heavy atom. The van der Waals surface area contributed by atoms with Crippen LogP contribution in [0.25, 0.3) is 11.3 Å². The van der Waals surface area contributed by atoms with Crippen molar-refractivity contribution >= 4 is 39.4 Å². The van der Waals surface area contributed by atoms with E-state index in [0.717, 1.165) is 16.7 Å². The molecule has 10 heteroatoms. The Morgan fingerprint density at radius 1 is 1.24 bits per heavy atom. The monoisotopic (exact) mass is 432 g/mol. The van der Waals surface area contributed by atoms with E-state index in [1.807, 2.05) is 32.0 Å². The van der Waals surface area contributed by atoms with Crippen molar-refractivity contribution in [1.29, 1.82) is 0 Å². The van der Waals surface area contributed by atoms with E-state index in [1.165, 1.54) is 18.2 Å². The van der Waals surface area contributed by atoms with Crippen LogP contribution in [0, 0.1) is 13.8 Å². The molecular weight excluding hydrogens is 416 g/mol. The predicted molar refractivity (Wildman–Crippen MR) is 111 cm³/mol. The number of anilines is 1. The van der Waals surface area contributed by atoms with Crippen LogP contribution in [0.3, 0.4) is 0 Å². The fourth-order valence-electron chi connectivity index (χ4n) is 2.90. The van der Waals surface area contributed by atoms with E-state index in [2.05, 4.69) is 19.1 Å². The normalized spacial score (nSPS) is 15.3. The third-order valence-corrected chi connectivity index (χ3v) is 5.23. The summed E-state index contributed by atoms with van der Waals surface area (Å²) in [4.78, 5) is 19.2. The second-order valence-corrected chi connectivity index (χ2v) is 8.08. The lowest BCUT2D eigenvalue weighted by molar-refractivity contribution is -0.132. The van der Waals surface area contributed by atoms with E-state index in [0.29, 0.717) is 5.69 Å². The van der Waals surface area contributed by atoms with E-state index in [-0.39, 0.29) is 28.8 Å². The van der Waals surface area contributed by atoms with Crippen LogP contribution in [0.1, 0.15) is 17.5 Å². The summed E-state index contributed by atoms with van der Waals surface area (Å²) in [6, 6.07) is 7.29. The average molecular weight is 433 g/mol. The largest absolute Gasteiger partial charge is 0.478 e. The van der Waals surface area contributed by atoms with Crippen LogP contribution in [0.4, 0.5) is 5.95 Å². The first-order chi connectivity index (χ1) is 13.6. The first-order valence-electron chi connectivity index (χ1n) is 8.48. The molecule has 0 unspecified atom stereocenters. The van der Waals surface area contributed by atoms with Gasteiger partial charge in [0.25, 0.3) is 0 Å². The van der Waals surface area contributed by atoms with E-state index in [1.54, 1.807) is 6.07 Å². The lowest BCUT2D eigenvalue weighted by Crippen LogP contribution is -2.16. The number of carboxylic acids is 1. The number of aryl methyl sites for hydroxylation is 2. The van der Waals surface area contributed by atoms with Crippen molar-refractivity contribution in [3.63, 3.8) is 0 Å². The van der Waals surface area contributed by atoms with Gasteiger partial charge in [0.15, 0.2) is 0 Å². The molecule has 3 rings (SSSR count). The highest BCUT2D eigenvalue weighted by molar-refractivity contribution is 7.91. The number of carboxylic acid groups (broad SMARTS) is 1. The Morgan fingerprint density at radius 2 is 1.93 bits per heavy atom. The van der Waals surface area contributed by atoms with Crippen molar-refractivity contribution in [1.82, 2.24) is 9.97 Å². The second-order valence-electron chi connectivity index (χ2n) is 6.36.